The van der Waals surface area contributed by atoms with E-state index in [1.165, 1.54) is 7.05 Å². The molecule has 6 nitrogen and oxygen atoms in total. The number of nitrogens with zero attached hydrogens (tertiary/aromatic N) is 3. The second kappa shape index (κ2) is 2.65. The van der Waals surface area contributed by atoms with Crippen LogP contribution in [0.3, 0.4) is 0 Å². The monoisotopic (exact) mass is 157 g/mol. The van der Waals surface area contributed by atoms with Gasteiger partial charge in [0.25, 0.3) is 0 Å². The lowest BCUT2D eigenvalue weighted by Gasteiger charge is -2.18. The fourth-order valence-electron chi connectivity index (χ4n) is 0.924. The van der Waals surface area contributed by atoms with Crippen LogP contribution < -0.4 is 0 Å². The number of hydrazine groups is 1. The van der Waals surface area contributed by atoms with Crippen LogP contribution in [0.2, 0.25) is 0 Å². The molecule has 0 spiro atoms. The molecule has 2 amide bonds. The van der Waals surface area contributed by atoms with E-state index in [2.05, 4.69) is 5.29 Å². The molecule has 1 saturated heterocycles. The maximum Gasteiger partial charge on any atom is 0.250 e. The van der Waals surface area contributed by atoms with Gasteiger partial charge in [-0.1, -0.05) is 0 Å². The minimum Gasteiger partial charge on any atom is -0.272 e. The van der Waals surface area contributed by atoms with Crippen molar-refractivity contribution in [3.63, 3.8) is 0 Å². The van der Waals surface area contributed by atoms with E-state index in [-0.39, 0.29) is 24.7 Å². The Morgan fingerprint density at radius 2 is 1.82 bits per heavy atom. The molecule has 11 heavy (non-hydrogen) atoms. The van der Waals surface area contributed by atoms with Crippen LogP contribution in [0.4, 0.5) is 0 Å². The Hall–Kier alpha value is -1.46. The van der Waals surface area contributed by atoms with Gasteiger partial charge in [-0.15, -0.1) is 4.91 Å². The largest absolute Gasteiger partial charge is 0.272 e. The van der Waals surface area contributed by atoms with Crippen molar-refractivity contribution < 1.29 is 9.59 Å². The Morgan fingerprint density at radius 3 is 2.18 bits per heavy atom. The highest BCUT2D eigenvalue weighted by molar-refractivity contribution is 6.01. The fraction of sp³-hybridized carbons (Fsp3) is 0.600. The minimum atomic E-state index is -0.378. The summed E-state index contributed by atoms with van der Waals surface area (Å²) in [5, 5.41) is 3.89. The zero-order valence-electron chi connectivity index (χ0n) is 5.98. The van der Waals surface area contributed by atoms with Gasteiger partial charge in [0.05, 0.1) is 12.3 Å². The van der Waals surface area contributed by atoms with E-state index >= 15 is 0 Å². The van der Waals surface area contributed by atoms with E-state index in [4.69, 9.17) is 0 Å². The Balaban J connectivity index is 2.75. The van der Waals surface area contributed by atoms with Crippen LogP contribution in [-0.2, 0) is 9.59 Å². The van der Waals surface area contributed by atoms with Gasteiger partial charge < -0.3 is 0 Å². The summed E-state index contributed by atoms with van der Waals surface area (Å²) in [7, 11) is 1.26. The topological polar surface area (TPSA) is 70.1 Å². The van der Waals surface area contributed by atoms with Crippen LogP contribution in [0.25, 0.3) is 0 Å². The molecule has 1 rings (SSSR count). The van der Waals surface area contributed by atoms with Crippen LogP contribution in [0.1, 0.15) is 12.8 Å². The van der Waals surface area contributed by atoms with Crippen LogP contribution in [0, 0.1) is 4.91 Å². The summed E-state index contributed by atoms with van der Waals surface area (Å²) < 4.78 is 0. The number of nitroso groups, excluding NO2 is 1. The first-order valence-electron chi connectivity index (χ1n) is 3.09. The predicted octanol–water partition coefficient (Wildman–Crippen LogP) is -0.336. The van der Waals surface area contributed by atoms with E-state index in [1.807, 2.05) is 0 Å². The highest BCUT2D eigenvalue weighted by Crippen LogP contribution is 2.13. The van der Waals surface area contributed by atoms with Gasteiger partial charge in [0.15, 0.2) is 0 Å². The normalized spacial score (nSPS) is 17.4. The first-order valence-corrected chi connectivity index (χ1v) is 3.09. The van der Waals surface area contributed by atoms with E-state index in [0.717, 1.165) is 5.01 Å². The lowest BCUT2D eigenvalue weighted by molar-refractivity contribution is -0.155. The van der Waals surface area contributed by atoms with Crippen molar-refractivity contribution in [2.45, 2.75) is 12.8 Å². The predicted molar refractivity (Wildman–Crippen MR) is 34.6 cm³/mol. The van der Waals surface area contributed by atoms with Gasteiger partial charge in [0, 0.05) is 12.8 Å². The molecule has 60 valence electrons. The number of carbonyl (C=O) groups excluding carboxylic acids is 2. The molecule has 0 aromatic carbocycles. The molecular formula is C5H7N3O3. The molecule has 1 heterocycles. The maximum atomic E-state index is 10.8. The fourth-order valence-corrected chi connectivity index (χ4v) is 0.924. The summed E-state index contributed by atoms with van der Waals surface area (Å²) in [4.78, 5) is 31.6. The molecule has 0 unspecified atom stereocenters. The summed E-state index contributed by atoms with van der Waals surface area (Å²) in [5.41, 5.74) is 0. The zero-order valence-corrected chi connectivity index (χ0v) is 5.98. The van der Waals surface area contributed by atoms with Crippen LogP contribution in [0.5, 0.6) is 0 Å². The van der Waals surface area contributed by atoms with Crippen molar-refractivity contribution in [1.82, 2.24) is 10.1 Å². The molecule has 0 saturated carbocycles. The summed E-state index contributed by atoms with van der Waals surface area (Å²) in [6.07, 6.45) is 0.331. The lowest BCUT2D eigenvalue weighted by Crippen LogP contribution is -2.39. The van der Waals surface area contributed by atoms with Gasteiger partial charge >= 0.3 is 0 Å². The smallest absolute Gasteiger partial charge is 0.250 e. The highest BCUT2D eigenvalue weighted by atomic mass is 16.3. The summed E-state index contributed by atoms with van der Waals surface area (Å²) in [6, 6.07) is 0. The van der Waals surface area contributed by atoms with Crippen molar-refractivity contribution in [2.24, 2.45) is 5.29 Å². The average Bonchev–Trinajstić information content (AvgIpc) is 2.30. The second-order valence-corrected chi connectivity index (χ2v) is 2.17. The molecular weight excluding hydrogens is 150 g/mol. The Morgan fingerprint density at radius 1 is 1.36 bits per heavy atom. The van der Waals surface area contributed by atoms with Crippen molar-refractivity contribution in [2.75, 3.05) is 7.05 Å². The van der Waals surface area contributed by atoms with Crippen molar-refractivity contribution in [3.05, 3.63) is 4.91 Å². The molecule has 0 aromatic heterocycles. The molecule has 1 aliphatic heterocycles. The molecule has 6 heteroatoms. The Labute approximate surface area is 62.7 Å². The standard InChI is InChI=1S/C5H7N3O3/c1-7(6-11)8-4(9)2-3-5(8)10/h2-3H2,1H3. The molecule has 0 aromatic rings. The maximum absolute atomic E-state index is 10.8. The molecule has 0 radical (unpaired) electrons. The summed E-state index contributed by atoms with van der Waals surface area (Å²) in [6.45, 7) is 0. The molecule has 0 N–H and O–H groups in total. The van der Waals surface area contributed by atoms with E-state index in [0.29, 0.717) is 5.12 Å². The van der Waals surface area contributed by atoms with E-state index in [1.54, 1.807) is 0 Å². The SMILES string of the molecule is CN(N=O)N1C(=O)CCC1=O. The van der Waals surface area contributed by atoms with Crippen LogP contribution in [0.15, 0.2) is 5.29 Å². The van der Waals surface area contributed by atoms with E-state index < -0.39 is 0 Å². The van der Waals surface area contributed by atoms with Gasteiger partial charge in [-0.05, 0) is 0 Å². The first-order chi connectivity index (χ1) is 5.16. The number of imide groups is 1. The molecule has 0 atom stereocenters. The third kappa shape index (κ3) is 1.19. The molecule has 1 fully saturated rings. The van der Waals surface area contributed by atoms with Crippen molar-refractivity contribution in [3.8, 4) is 0 Å². The zero-order chi connectivity index (χ0) is 8.43. The average molecular weight is 157 g/mol. The minimum absolute atomic E-state index is 0.165. The van der Waals surface area contributed by atoms with Gasteiger partial charge in [-0.2, -0.15) is 10.1 Å². The molecule has 1 aliphatic rings. The quantitative estimate of drug-likeness (QED) is 0.312. The number of rotatable bonds is 2. The second-order valence-electron chi connectivity index (χ2n) is 2.17. The van der Waals surface area contributed by atoms with Gasteiger partial charge in [-0.3, -0.25) is 9.59 Å². The number of amides is 2. The van der Waals surface area contributed by atoms with Crippen molar-refractivity contribution in [1.29, 1.82) is 0 Å². The lowest BCUT2D eigenvalue weighted by atomic mass is 10.4. The van der Waals surface area contributed by atoms with Crippen LogP contribution >= 0.6 is 0 Å². The Kier molecular flexibility index (Phi) is 1.84. The van der Waals surface area contributed by atoms with Crippen molar-refractivity contribution >= 4 is 11.8 Å². The van der Waals surface area contributed by atoms with E-state index in [9.17, 15) is 14.5 Å². The molecule has 0 bridgehead atoms. The number of carbonyl (C=O) groups is 2. The van der Waals surface area contributed by atoms with Gasteiger partial charge in [0.1, 0.15) is 0 Å². The third-order valence-electron chi connectivity index (χ3n) is 1.43. The first kappa shape index (κ1) is 7.64. The summed E-state index contributed by atoms with van der Waals surface area (Å²) >= 11 is 0. The highest BCUT2D eigenvalue weighted by Gasteiger charge is 2.32. The summed E-state index contributed by atoms with van der Waals surface area (Å²) in [5.74, 6) is -0.755. The van der Waals surface area contributed by atoms with Gasteiger partial charge in [0.2, 0.25) is 11.8 Å². The number of hydrogen-bond acceptors (Lipinski definition) is 4. The van der Waals surface area contributed by atoms with Crippen LogP contribution in [-0.4, -0.2) is 29.0 Å². The third-order valence-corrected chi connectivity index (χ3v) is 1.43. The van der Waals surface area contributed by atoms with Gasteiger partial charge in [-0.25, -0.2) is 0 Å². The molecule has 0 aliphatic carbocycles. The number of hydrogen-bond donors (Lipinski definition) is 0. The Bertz CT molecular complexity index is 199.